The van der Waals surface area contributed by atoms with Crippen LogP contribution in [0.4, 0.5) is 0 Å². The molecule has 0 aliphatic heterocycles. The Morgan fingerprint density at radius 1 is 0.656 bits per heavy atom. The van der Waals surface area contributed by atoms with Gasteiger partial charge in [-0.25, -0.2) is 0 Å². The third kappa shape index (κ3) is 14.3. The topological polar surface area (TPSA) is 68.6 Å². The second-order valence-corrected chi connectivity index (χ2v) is 10.6. The van der Waals surface area contributed by atoms with Crippen molar-refractivity contribution >= 4 is 37.8 Å². The molecular formula is C24H22Cl2N4OZn. The standard InChI is InChI=1S/C12H10N2.C7H6O.C5H6N2.2ClH.Zn/c1-2-4-11(5-3-1)6-7-12-8-9-13-14-10-12;8-6-7-4-2-1-3-5-7;1-5-2-3-6-7-4-5;;;/h1-10H;1-6H;2-4H,1H3;2*1H;/q;;;;;+2/p-2. The zero-order valence-corrected chi connectivity index (χ0v) is 22.1. The van der Waals surface area contributed by atoms with E-state index in [1.807, 2.05) is 61.5 Å². The Morgan fingerprint density at radius 3 is 1.53 bits per heavy atom. The third-order valence-corrected chi connectivity index (χ3v) is 3.54. The van der Waals surface area contributed by atoms with Crippen LogP contribution in [0.2, 0.25) is 0 Å². The molecule has 160 valence electrons. The van der Waals surface area contributed by atoms with Gasteiger partial charge in [0.25, 0.3) is 0 Å². The summed E-state index contributed by atoms with van der Waals surface area (Å²) < 4.78 is 0. The Hall–Kier alpha value is -2.79. The van der Waals surface area contributed by atoms with Gasteiger partial charge in [0.1, 0.15) is 6.29 Å². The average molecular weight is 519 g/mol. The summed E-state index contributed by atoms with van der Waals surface area (Å²) in [5, 5.41) is 14.7. The molecule has 0 N–H and O–H groups in total. The number of rotatable bonds is 3. The maximum absolute atomic E-state index is 10.0. The number of benzene rings is 2. The summed E-state index contributed by atoms with van der Waals surface area (Å²) in [4.78, 5) is 10.0. The van der Waals surface area contributed by atoms with Crippen molar-refractivity contribution in [3.8, 4) is 0 Å². The van der Waals surface area contributed by atoms with Gasteiger partial charge in [0.2, 0.25) is 0 Å². The Labute approximate surface area is 204 Å². The van der Waals surface area contributed by atoms with Crippen LogP contribution in [0, 0.1) is 6.92 Å². The fourth-order valence-corrected chi connectivity index (χ4v) is 2.04. The zero-order valence-electron chi connectivity index (χ0n) is 17.6. The summed E-state index contributed by atoms with van der Waals surface area (Å²) in [7, 11) is 9.90. The number of aldehydes is 1. The van der Waals surface area contributed by atoms with Gasteiger partial charge in [-0.2, -0.15) is 20.4 Å². The summed E-state index contributed by atoms with van der Waals surface area (Å²) in [5.74, 6) is 0. The molecular weight excluding hydrogens is 497 g/mol. The SMILES string of the molecule is C(=Cc1ccnnc1)c1ccccc1.Cc1ccnnc1.O=Cc1ccccc1.[Cl][Zn][Cl]. The predicted molar refractivity (Wildman–Crippen MR) is 128 cm³/mol. The van der Waals surface area contributed by atoms with Crippen LogP contribution >= 0.6 is 19.4 Å². The predicted octanol–water partition coefficient (Wildman–Crippen LogP) is 6.31. The number of aromatic nitrogens is 4. The molecule has 0 fully saturated rings. The van der Waals surface area contributed by atoms with Crippen LogP contribution in [-0.2, 0) is 15.1 Å². The molecule has 0 spiro atoms. The number of hydrogen-bond donors (Lipinski definition) is 0. The summed E-state index contributed by atoms with van der Waals surface area (Å²) >= 11 is -0.931. The minimum absolute atomic E-state index is 0.729. The van der Waals surface area contributed by atoms with Gasteiger partial charge in [0, 0.05) is 11.8 Å². The number of aryl methyl sites for hydroxylation is 1. The molecule has 0 aliphatic carbocycles. The van der Waals surface area contributed by atoms with Crippen LogP contribution < -0.4 is 0 Å². The van der Waals surface area contributed by atoms with Crippen LogP contribution in [0.15, 0.2) is 97.6 Å². The van der Waals surface area contributed by atoms with Gasteiger partial charge in [-0.1, -0.05) is 72.8 Å². The zero-order chi connectivity index (χ0) is 23.3. The van der Waals surface area contributed by atoms with E-state index < -0.39 is 15.1 Å². The quantitative estimate of drug-likeness (QED) is 0.235. The van der Waals surface area contributed by atoms with E-state index in [0.29, 0.717) is 0 Å². The molecule has 0 saturated carbocycles. The molecule has 4 rings (SSSR count). The first-order valence-electron chi connectivity index (χ1n) is 9.55. The van der Waals surface area contributed by atoms with E-state index in [1.165, 1.54) is 5.56 Å². The molecule has 0 amide bonds. The second kappa shape index (κ2) is 18.9. The number of hydrogen-bond acceptors (Lipinski definition) is 5. The van der Waals surface area contributed by atoms with Crippen molar-refractivity contribution in [1.29, 1.82) is 0 Å². The van der Waals surface area contributed by atoms with Crippen molar-refractivity contribution in [2.75, 3.05) is 0 Å². The van der Waals surface area contributed by atoms with Gasteiger partial charge < -0.3 is 0 Å². The maximum atomic E-state index is 10.0. The van der Waals surface area contributed by atoms with E-state index in [2.05, 4.69) is 38.6 Å². The molecule has 5 nitrogen and oxygen atoms in total. The van der Waals surface area contributed by atoms with Crippen LogP contribution in [0.3, 0.4) is 0 Å². The minimum atomic E-state index is -0.931. The summed E-state index contributed by atoms with van der Waals surface area (Å²) in [6.07, 6.45) is 11.7. The molecule has 8 heteroatoms. The van der Waals surface area contributed by atoms with E-state index in [9.17, 15) is 4.79 Å². The van der Waals surface area contributed by atoms with Gasteiger partial charge in [-0.3, -0.25) is 4.79 Å². The molecule has 2 heterocycles. The van der Waals surface area contributed by atoms with E-state index in [-0.39, 0.29) is 0 Å². The molecule has 2 aromatic carbocycles. The van der Waals surface area contributed by atoms with E-state index in [1.54, 1.807) is 36.9 Å². The molecule has 0 saturated heterocycles. The number of carbonyl (C=O) groups excluding carboxylic acids is 1. The van der Waals surface area contributed by atoms with Crippen LogP contribution in [0.1, 0.15) is 27.0 Å². The van der Waals surface area contributed by atoms with E-state index in [0.717, 1.165) is 23.0 Å². The van der Waals surface area contributed by atoms with Gasteiger partial charge in [0.15, 0.2) is 0 Å². The van der Waals surface area contributed by atoms with Crippen molar-refractivity contribution in [2.45, 2.75) is 6.92 Å². The van der Waals surface area contributed by atoms with Gasteiger partial charge in [0.05, 0.1) is 18.6 Å². The Morgan fingerprint density at radius 2 is 1.16 bits per heavy atom. The van der Waals surface area contributed by atoms with Crippen molar-refractivity contribution < 1.29 is 19.9 Å². The van der Waals surface area contributed by atoms with Crippen molar-refractivity contribution in [2.24, 2.45) is 0 Å². The number of carbonyl (C=O) groups is 1. The van der Waals surface area contributed by atoms with Gasteiger partial charge in [-0.05, 0) is 35.7 Å². The van der Waals surface area contributed by atoms with E-state index in [4.69, 9.17) is 19.4 Å². The number of nitrogens with zero attached hydrogens (tertiary/aromatic N) is 4. The van der Waals surface area contributed by atoms with Gasteiger partial charge >= 0.3 is 34.5 Å². The molecule has 0 bridgehead atoms. The Bertz CT molecular complexity index is 952. The second-order valence-electron chi connectivity index (χ2n) is 5.97. The molecule has 0 atom stereocenters. The molecule has 2 aromatic heterocycles. The first-order chi connectivity index (χ1) is 15.7. The first-order valence-corrected chi connectivity index (χ1v) is 17.3. The summed E-state index contributed by atoms with van der Waals surface area (Å²) in [5.41, 5.74) is 4.12. The normalized spacial score (nSPS) is 8.97. The Balaban J connectivity index is 0.000000243. The Kier molecular flexibility index (Phi) is 16.1. The van der Waals surface area contributed by atoms with Gasteiger partial charge in [-0.15, -0.1) is 0 Å². The van der Waals surface area contributed by atoms with Crippen molar-refractivity contribution in [1.82, 2.24) is 20.4 Å². The summed E-state index contributed by atoms with van der Waals surface area (Å²) in [6, 6.07) is 23.1. The molecule has 32 heavy (non-hydrogen) atoms. The van der Waals surface area contributed by atoms with Crippen molar-refractivity contribution in [3.05, 3.63) is 120 Å². The molecule has 4 aromatic rings. The number of halogens is 2. The van der Waals surface area contributed by atoms with Crippen molar-refractivity contribution in [3.63, 3.8) is 0 Å². The fraction of sp³-hybridized carbons (Fsp3) is 0.0417. The fourth-order valence-electron chi connectivity index (χ4n) is 2.04. The molecule has 0 unspecified atom stereocenters. The third-order valence-electron chi connectivity index (χ3n) is 3.54. The van der Waals surface area contributed by atoms with Crippen LogP contribution in [0.5, 0.6) is 0 Å². The molecule has 0 aliphatic rings. The molecule has 0 radical (unpaired) electrons. The van der Waals surface area contributed by atoms with Crippen LogP contribution in [0.25, 0.3) is 12.2 Å². The average Bonchev–Trinajstić information content (AvgIpc) is 2.86. The summed E-state index contributed by atoms with van der Waals surface area (Å²) in [6.45, 7) is 1.98. The first kappa shape index (κ1) is 27.2. The monoisotopic (exact) mass is 516 g/mol. The van der Waals surface area contributed by atoms with Crippen LogP contribution in [-0.4, -0.2) is 26.7 Å². The van der Waals surface area contributed by atoms with E-state index >= 15 is 0 Å².